The van der Waals surface area contributed by atoms with Crippen molar-refractivity contribution >= 4 is 5.69 Å². The molecule has 1 saturated carbocycles. The molecule has 2 aromatic rings. The van der Waals surface area contributed by atoms with E-state index >= 15 is 0 Å². The molecule has 1 aliphatic carbocycles. The molecule has 3 rings (SSSR count). The summed E-state index contributed by atoms with van der Waals surface area (Å²) in [6.45, 7) is 0.976. The Morgan fingerprint density at radius 3 is 3.00 bits per heavy atom. The van der Waals surface area contributed by atoms with Gasteiger partial charge in [-0.15, -0.1) is 0 Å². The molecule has 0 spiro atoms. The minimum atomic E-state index is 0.518. The van der Waals surface area contributed by atoms with Gasteiger partial charge in [0, 0.05) is 23.9 Å². The Balaban J connectivity index is 1.96. The van der Waals surface area contributed by atoms with E-state index in [1.807, 2.05) is 23.0 Å². The Morgan fingerprint density at radius 1 is 1.44 bits per heavy atom. The van der Waals surface area contributed by atoms with Crippen LogP contribution in [0.2, 0.25) is 0 Å². The first-order chi connectivity index (χ1) is 8.78. The van der Waals surface area contributed by atoms with Gasteiger partial charge < -0.3 is 5.73 Å². The van der Waals surface area contributed by atoms with Gasteiger partial charge in [-0.25, -0.2) is 0 Å². The Kier molecular flexibility index (Phi) is 2.52. The summed E-state index contributed by atoms with van der Waals surface area (Å²) in [5.74, 6) is 0.786. The van der Waals surface area contributed by atoms with E-state index in [-0.39, 0.29) is 0 Å². The molecule has 1 fully saturated rings. The Labute approximate surface area is 106 Å². The van der Waals surface area contributed by atoms with Gasteiger partial charge >= 0.3 is 0 Å². The normalized spacial score (nSPS) is 14.4. The standard InChI is InChI=1S/C14H14N4/c15-6-13-12(2-1-3-14(13)16)11-7-17-18(9-11)8-10-4-5-10/h1-3,7,9-10H,4-5,8,16H2. The summed E-state index contributed by atoms with van der Waals surface area (Å²) in [5.41, 5.74) is 8.69. The SMILES string of the molecule is N#Cc1c(N)cccc1-c1cnn(CC2CC2)c1. The van der Waals surface area contributed by atoms with Crippen molar-refractivity contribution in [2.45, 2.75) is 19.4 Å². The van der Waals surface area contributed by atoms with Crippen molar-refractivity contribution in [2.75, 3.05) is 5.73 Å². The van der Waals surface area contributed by atoms with Crippen LogP contribution in [0, 0.1) is 17.2 Å². The number of hydrogen-bond acceptors (Lipinski definition) is 3. The molecule has 1 aromatic carbocycles. The lowest BCUT2D eigenvalue weighted by molar-refractivity contribution is 0.563. The van der Waals surface area contributed by atoms with Crippen molar-refractivity contribution in [3.05, 3.63) is 36.2 Å². The minimum absolute atomic E-state index is 0.518. The van der Waals surface area contributed by atoms with Gasteiger partial charge in [-0.2, -0.15) is 10.4 Å². The molecule has 0 saturated heterocycles. The molecule has 0 unspecified atom stereocenters. The number of anilines is 1. The molecule has 1 heterocycles. The molecule has 1 aliphatic rings. The molecule has 4 nitrogen and oxygen atoms in total. The maximum Gasteiger partial charge on any atom is 0.102 e. The van der Waals surface area contributed by atoms with Gasteiger partial charge in [-0.3, -0.25) is 4.68 Å². The summed E-state index contributed by atoms with van der Waals surface area (Å²) in [5, 5.41) is 13.5. The summed E-state index contributed by atoms with van der Waals surface area (Å²) in [6, 6.07) is 7.68. The van der Waals surface area contributed by atoms with Crippen LogP contribution >= 0.6 is 0 Å². The second-order valence-corrected chi connectivity index (χ2v) is 4.78. The van der Waals surface area contributed by atoms with Crippen LogP contribution in [0.15, 0.2) is 30.6 Å². The molecule has 2 N–H and O–H groups in total. The fraction of sp³-hybridized carbons (Fsp3) is 0.286. The number of nitrogens with two attached hydrogens (primary N) is 1. The van der Waals surface area contributed by atoms with Crippen LogP contribution in [-0.4, -0.2) is 9.78 Å². The van der Waals surface area contributed by atoms with E-state index in [1.165, 1.54) is 12.8 Å². The van der Waals surface area contributed by atoms with Gasteiger partial charge in [0.15, 0.2) is 0 Å². The lowest BCUT2D eigenvalue weighted by Gasteiger charge is -2.03. The molecule has 4 heteroatoms. The lowest BCUT2D eigenvalue weighted by Crippen LogP contribution is -1.99. The zero-order valence-corrected chi connectivity index (χ0v) is 10.0. The molecular weight excluding hydrogens is 224 g/mol. The van der Waals surface area contributed by atoms with Gasteiger partial charge in [0.2, 0.25) is 0 Å². The number of aromatic nitrogens is 2. The highest BCUT2D eigenvalue weighted by molar-refractivity contribution is 5.76. The van der Waals surface area contributed by atoms with E-state index in [0.717, 1.165) is 23.6 Å². The van der Waals surface area contributed by atoms with Crippen molar-refractivity contribution in [1.82, 2.24) is 9.78 Å². The summed E-state index contributed by atoms with van der Waals surface area (Å²) in [4.78, 5) is 0. The smallest absolute Gasteiger partial charge is 0.102 e. The number of benzene rings is 1. The van der Waals surface area contributed by atoms with E-state index in [1.54, 1.807) is 12.3 Å². The van der Waals surface area contributed by atoms with E-state index in [0.29, 0.717) is 11.3 Å². The molecular formula is C14H14N4. The summed E-state index contributed by atoms with van der Waals surface area (Å²) in [6.07, 6.45) is 6.40. The van der Waals surface area contributed by atoms with Gasteiger partial charge in [0.05, 0.1) is 17.4 Å². The minimum Gasteiger partial charge on any atom is -0.398 e. The van der Waals surface area contributed by atoms with E-state index in [9.17, 15) is 0 Å². The second kappa shape index (κ2) is 4.19. The largest absolute Gasteiger partial charge is 0.398 e. The first-order valence-electron chi connectivity index (χ1n) is 6.09. The fourth-order valence-corrected chi connectivity index (χ4v) is 2.10. The third kappa shape index (κ3) is 1.95. The van der Waals surface area contributed by atoms with Gasteiger partial charge in [-0.05, 0) is 24.8 Å². The fourth-order valence-electron chi connectivity index (χ4n) is 2.10. The molecule has 90 valence electrons. The maximum absolute atomic E-state index is 9.17. The number of nitrogen functional groups attached to an aromatic ring is 1. The first-order valence-corrected chi connectivity index (χ1v) is 6.09. The van der Waals surface area contributed by atoms with Crippen molar-refractivity contribution in [1.29, 1.82) is 5.26 Å². The molecule has 0 bridgehead atoms. The van der Waals surface area contributed by atoms with Crippen LogP contribution in [0.4, 0.5) is 5.69 Å². The summed E-state index contributed by atoms with van der Waals surface area (Å²) >= 11 is 0. The second-order valence-electron chi connectivity index (χ2n) is 4.78. The molecule has 0 atom stereocenters. The third-order valence-corrected chi connectivity index (χ3v) is 3.29. The summed E-state index contributed by atoms with van der Waals surface area (Å²) < 4.78 is 1.96. The van der Waals surface area contributed by atoms with Crippen LogP contribution in [0.1, 0.15) is 18.4 Å². The predicted molar refractivity (Wildman–Crippen MR) is 69.5 cm³/mol. The number of nitrogens with zero attached hydrogens (tertiary/aromatic N) is 3. The highest BCUT2D eigenvalue weighted by Crippen LogP contribution is 2.31. The van der Waals surface area contributed by atoms with E-state index < -0.39 is 0 Å². The molecule has 1 aromatic heterocycles. The van der Waals surface area contributed by atoms with Crippen LogP contribution < -0.4 is 5.73 Å². The Morgan fingerprint density at radius 2 is 2.28 bits per heavy atom. The third-order valence-electron chi connectivity index (χ3n) is 3.29. The summed E-state index contributed by atoms with van der Waals surface area (Å²) in [7, 11) is 0. The van der Waals surface area contributed by atoms with Crippen LogP contribution in [0.3, 0.4) is 0 Å². The highest BCUT2D eigenvalue weighted by atomic mass is 15.3. The van der Waals surface area contributed by atoms with Crippen molar-refractivity contribution < 1.29 is 0 Å². The molecule has 0 amide bonds. The van der Waals surface area contributed by atoms with Crippen LogP contribution in [0.5, 0.6) is 0 Å². The van der Waals surface area contributed by atoms with Crippen molar-refractivity contribution in [3.8, 4) is 17.2 Å². The molecule has 0 radical (unpaired) electrons. The van der Waals surface area contributed by atoms with Crippen LogP contribution in [0.25, 0.3) is 11.1 Å². The first kappa shape index (κ1) is 10.8. The van der Waals surface area contributed by atoms with Crippen LogP contribution in [-0.2, 0) is 6.54 Å². The predicted octanol–water partition coefficient (Wildman–Crippen LogP) is 2.41. The maximum atomic E-state index is 9.17. The monoisotopic (exact) mass is 238 g/mol. The van der Waals surface area contributed by atoms with Crippen molar-refractivity contribution in [3.63, 3.8) is 0 Å². The number of rotatable bonds is 3. The average molecular weight is 238 g/mol. The van der Waals surface area contributed by atoms with Crippen molar-refractivity contribution in [2.24, 2.45) is 5.92 Å². The topological polar surface area (TPSA) is 67.6 Å². The van der Waals surface area contributed by atoms with Gasteiger partial charge in [0.1, 0.15) is 6.07 Å². The zero-order chi connectivity index (χ0) is 12.5. The quantitative estimate of drug-likeness (QED) is 0.835. The number of hydrogen-bond donors (Lipinski definition) is 1. The zero-order valence-electron chi connectivity index (χ0n) is 10.0. The average Bonchev–Trinajstić information content (AvgIpc) is 3.05. The Bertz CT molecular complexity index is 617. The van der Waals surface area contributed by atoms with Gasteiger partial charge in [0.25, 0.3) is 0 Å². The number of nitriles is 1. The molecule has 18 heavy (non-hydrogen) atoms. The van der Waals surface area contributed by atoms with E-state index in [4.69, 9.17) is 11.0 Å². The van der Waals surface area contributed by atoms with E-state index in [2.05, 4.69) is 11.2 Å². The lowest BCUT2D eigenvalue weighted by atomic mass is 10.0. The Hall–Kier alpha value is -2.28. The highest BCUT2D eigenvalue weighted by Gasteiger charge is 2.22. The van der Waals surface area contributed by atoms with Gasteiger partial charge in [-0.1, -0.05) is 12.1 Å². The molecule has 0 aliphatic heterocycles.